The second-order valence-electron chi connectivity index (χ2n) is 6.05. The van der Waals surface area contributed by atoms with Crippen molar-refractivity contribution in [3.05, 3.63) is 66.1 Å². The van der Waals surface area contributed by atoms with Crippen molar-refractivity contribution < 1.29 is 13.6 Å². The number of aromatic nitrogens is 1. The molecule has 24 heavy (non-hydrogen) atoms. The first kappa shape index (κ1) is 15.2. The summed E-state index contributed by atoms with van der Waals surface area (Å²) < 4.78 is 17.5. The van der Waals surface area contributed by atoms with Gasteiger partial charge in [-0.05, 0) is 43.3 Å². The van der Waals surface area contributed by atoms with Crippen LogP contribution in [0.3, 0.4) is 0 Å². The number of hydrogen-bond acceptors (Lipinski definition) is 5. The van der Waals surface area contributed by atoms with Crippen LogP contribution in [0.4, 0.5) is 0 Å². The molecular weight excluding hydrogens is 304 g/mol. The molecule has 0 N–H and O–H groups in total. The highest BCUT2D eigenvalue weighted by molar-refractivity contribution is 5.55. The fraction of sp³-hybridized carbons (Fsp3) is 0.316. The lowest BCUT2D eigenvalue weighted by molar-refractivity contribution is -0.0446. The predicted octanol–water partition coefficient (Wildman–Crippen LogP) is 3.82. The summed E-state index contributed by atoms with van der Waals surface area (Å²) >= 11 is 0. The first-order chi connectivity index (χ1) is 11.8. The summed E-state index contributed by atoms with van der Waals surface area (Å²) in [5.74, 6) is 3.61. The van der Waals surface area contributed by atoms with Gasteiger partial charge in [0.15, 0.2) is 0 Å². The fourth-order valence-corrected chi connectivity index (χ4v) is 2.99. The van der Waals surface area contributed by atoms with Gasteiger partial charge in [0.2, 0.25) is 0 Å². The van der Waals surface area contributed by atoms with Crippen molar-refractivity contribution in [3.8, 4) is 11.3 Å². The Morgan fingerprint density at radius 2 is 2.12 bits per heavy atom. The van der Waals surface area contributed by atoms with Crippen LogP contribution in [0.15, 0.2) is 57.6 Å². The van der Waals surface area contributed by atoms with Gasteiger partial charge in [0, 0.05) is 31.0 Å². The molecule has 5 nitrogen and oxygen atoms in total. The molecule has 0 radical (unpaired) electrons. The zero-order chi connectivity index (χ0) is 16.4. The molecule has 0 aliphatic carbocycles. The molecule has 124 valence electrons. The van der Waals surface area contributed by atoms with Gasteiger partial charge >= 0.3 is 0 Å². The summed E-state index contributed by atoms with van der Waals surface area (Å²) in [5, 5.41) is 0. The Bertz CT molecular complexity index is 794. The second kappa shape index (κ2) is 6.63. The minimum absolute atomic E-state index is 0.0137. The molecule has 4 heterocycles. The molecule has 1 aliphatic rings. The second-order valence-corrected chi connectivity index (χ2v) is 6.05. The van der Waals surface area contributed by atoms with Crippen LogP contribution < -0.4 is 0 Å². The highest BCUT2D eigenvalue weighted by atomic mass is 16.5. The number of nitrogens with zero attached hydrogens (tertiary/aromatic N) is 2. The van der Waals surface area contributed by atoms with E-state index < -0.39 is 0 Å². The van der Waals surface area contributed by atoms with Crippen molar-refractivity contribution >= 4 is 0 Å². The minimum Gasteiger partial charge on any atom is -0.464 e. The van der Waals surface area contributed by atoms with E-state index in [9.17, 15) is 0 Å². The third kappa shape index (κ3) is 3.27. The Labute approximate surface area is 140 Å². The number of aryl methyl sites for hydroxylation is 1. The molecule has 0 amide bonds. The molecule has 1 saturated heterocycles. The summed E-state index contributed by atoms with van der Waals surface area (Å²) in [6.07, 6.45) is 3.56. The maximum absolute atomic E-state index is 5.97. The molecule has 1 fully saturated rings. The summed E-state index contributed by atoms with van der Waals surface area (Å²) in [5.41, 5.74) is 0.995. The predicted molar refractivity (Wildman–Crippen MR) is 89.4 cm³/mol. The van der Waals surface area contributed by atoms with Crippen molar-refractivity contribution in [1.29, 1.82) is 0 Å². The highest BCUT2D eigenvalue weighted by Gasteiger charge is 2.25. The fourth-order valence-electron chi connectivity index (χ4n) is 2.99. The molecule has 0 aromatic carbocycles. The van der Waals surface area contributed by atoms with E-state index in [-0.39, 0.29) is 6.10 Å². The number of hydrogen-bond donors (Lipinski definition) is 0. The van der Waals surface area contributed by atoms with Crippen LogP contribution in [0.5, 0.6) is 0 Å². The highest BCUT2D eigenvalue weighted by Crippen LogP contribution is 2.26. The van der Waals surface area contributed by atoms with Crippen LogP contribution in [-0.2, 0) is 11.3 Å². The van der Waals surface area contributed by atoms with Gasteiger partial charge < -0.3 is 13.6 Å². The van der Waals surface area contributed by atoms with E-state index in [0.717, 1.165) is 48.2 Å². The molecule has 0 saturated carbocycles. The zero-order valence-electron chi connectivity index (χ0n) is 13.6. The molecule has 3 aromatic rings. The third-order valence-corrected chi connectivity index (χ3v) is 4.22. The number of rotatable bonds is 4. The van der Waals surface area contributed by atoms with Crippen molar-refractivity contribution in [2.24, 2.45) is 0 Å². The van der Waals surface area contributed by atoms with Gasteiger partial charge in [0.1, 0.15) is 29.1 Å². The van der Waals surface area contributed by atoms with Crippen molar-refractivity contribution in [3.63, 3.8) is 0 Å². The number of morpholine rings is 1. The lowest BCUT2D eigenvalue weighted by atomic mass is 10.2. The SMILES string of the molecule is Cc1ccc([C@@H]2CN(Cc3ccc(-c4cccnc4)o3)CCO2)o1. The van der Waals surface area contributed by atoms with Crippen LogP contribution in [0, 0.1) is 6.92 Å². The van der Waals surface area contributed by atoms with Gasteiger partial charge in [-0.15, -0.1) is 0 Å². The van der Waals surface area contributed by atoms with Crippen LogP contribution in [-0.4, -0.2) is 29.6 Å². The molecule has 5 heteroatoms. The largest absolute Gasteiger partial charge is 0.464 e. The molecule has 3 aromatic heterocycles. The quantitative estimate of drug-likeness (QED) is 0.730. The van der Waals surface area contributed by atoms with Crippen LogP contribution >= 0.6 is 0 Å². The Kier molecular flexibility index (Phi) is 4.19. The summed E-state index contributed by atoms with van der Waals surface area (Å²) in [7, 11) is 0. The first-order valence-corrected chi connectivity index (χ1v) is 8.17. The Morgan fingerprint density at radius 1 is 1.17 bits per heavy atom. The Balaban J connectivity index is 1.43. The van der Waals surface area contributed by atoms with E-state index in [4.69, 9.17) is 13.6 Å². The van der Waals surface area contributed by atoms with E-state index in [0.29, 0.717) is 6.61 Å². The van der Waals surface area contributed by atoms with Gasteiger partial charge in [-0.3, -0.25) is 9.88 Å². The molecule has 0 spiro atoms. The number of pyridine rings is 1. The summed E-state index contributed by atoms with van der Waals surface area (Å²) in [6.45, 7) is 5.10. The normalized spacial score (nSPS) is 18.8. The Hall–Kier alpha value is -2.37. The van der Waals surface area contributed by atoms with Crippen molar-refractivity contribution in [2.45, 2.75) is 19.6 Å². The van der Waals surface area contributed by atoms with Gasteiger partial charge in [-0.25, -0.2) is 0 Å². The standard InChI is InChI=1S/C19H20N2O3/c1-14-4-6-18(23-14)19-13-21(9-10-22-19)12-16-5-7-17(24-16)15-3-2-8-20-11-15/h2-8,11,19H,9-10,12-13H2,1H3/t19-/m0/s1. The zero-order valence-corrected chi connectivity index (χ0v) is 13.6. The van der Waals surface area contributed by atoms with Crippen LogP contribution in [0.2, 0.25) is 0 Å². The van der Waals surface area contributed by atoms with E-state index in [1.807, 2.05) is 49.5 Å². The lowest BCUT2D eigenvalue weighted by Gasteiger charge is -2.31. The maximum atomic E-state index is 5.97. The van der Waals surface area contributed by atoms with E-state index >= 15 is 0 Å². The molecular formula is C19H20N2O3. The molecule has 1 aliphatic heterocycles. The summed E-state index contributed by atoms with van der Waals surface area (Å²) in [4.78, 5) is 6.47. The molecule has 1 atom stereocenters. The summed E-state index contributed by atoms with van der Waals surface area (Å²) in [6, 6.07) is 11.9. The first-order valence-electron chi connectivity index (χ1n) is 8.17. The monoisotopic (exact) mass is 324 g/mol. The number of ether oxygens (including phenoxy) is 1. The van der Waals surface area contributed by atoms with Crippen molar-refractivity contribution in [1.82, 2.24) is 9.88 Å². The number of furan rings is 2. The Morgan fingerprint density at radius 3 is 2.92 bits per heavy atom. The minimum atomic E-state index is -0.0137. The van der Waals surface area contributed by atoms with Crippen LogP contribution in [0.25, 0.3) is 11.3 Å². The average Bonchev–Trinajstić information content (AvgIpc) is 3.25. The topological polar surface area (TPSA) is 51.6 Å². The van der Waals surface area contributed by atoms with E-state index in [2.05, 4.69) is 9.88 Å². The van der Waals surface area contributed by atoms with E-state index in [1.165, 1.54) is 0 Å². The smallest absolute Gasteiger partial charge is 0.135 e. The molecule has 0 bridgehead atoms. The van der Waals surface area contributed by atoms with Gasteiger partial charge in [-0.1, -0.05) is 0 Å². The third-order valence-electron chi connectivity index (χ3n) is 4.22. The van der Waals surface area contributed by atoms with Gasteiger partial charge in [0.25, 0.3) is 0 Å². The lowest BCUT2D eigenvalue weighted by Crippen LogP contribution is -2.37. The van der Waals surface area contributed by atoms with Gasteiger partial charge in [0.05, 0.1) is 13.2 Å². The van der Waals surface area contributed by atoms with Crippen LogP contribution in [0.1, 0.15) is 23.4 Å². The average molecular weight is 324 g/mol. The molecule has 4 rings (SSSR count). The maximum Gasteiger partial charge on any atom is 0.135 e. The van der Waals surface area contributed by atoms with Crippen molar-refractivity contribution in [2.75, 3.05) is 19.7 Å². The molecule has 0 unspecified atom stereocenters. The van der Waals surface area contributed by atoms with E-state index in [1.54, 1.807) is 6.20 Å². The van der Waals surface area contributed by atoms with Gasteiger partial charge in [-0.2, -0.15) is 0 Å².